The fourth-order valence-corrected chi connectivity index (χ4v) is 2.19. The van der Waals surface area contributed by atoms with E-state index in [4.69, 9.17) is 0 Å². The molecule has 25 heavy (non-hydrogen) atoms. The minimum absolute atomic E-state index is 0.0800. The summed E-state index contributed by atoms with van der Waals surface area (Å²) in [5.41, 5.74) is 0.421. The van der Waals surface area contributed by atoms with Crippen LogP contribution in [0.1, 0.15) is 67.7 Å². The van der Waals surface area contributed by atoms with Crippen molar-refractivity contribution in [2.24, 2.45) is 0 Å². The highest BCUT2D eigenvalue weighted by Crippen LogP contribution is 2.28. The maximum atomic E-state index is 12.3. The summed E-state index contributed by atoms with van der Waals surface area (Å²) >= 11 is 0. The molecule has 0 aliphatic carbocycles. The van der Waals surface area contributed by atoms with Gasteiger partial charge in [-0.15, -0.1) is 13.2 Å². The molecule has 0 N–H and O–H groups in total. The van der Waals surface area contributed by atoms with Crippen LogP contribution in [-0.2, 0) is 4.79 Å². The molecule has 0 fully saturated rings. The molecule has 0 aliphatic heterocycles. The topological polar surface area (TPSA) is 29.5 Å². The smallest absolute Gasteiger partial charge is 0.406 e. The molecule has 1 aromatic rings. The van der Waals surface area contributed by atoms with E-state index < -0.39 is 6.36 Å². The van der Waals surface area contributed by atoms with E-state index in [9.17, 15) is 18.0 Å². The summed E-state index contributed by atoms with van der Waals surface area (Å²) in [6, 6.07) is 5.45. The molecular weight excluding hydrogens is 331 g/mol. The zero-order valence-electron chi connectivity index (χ0n) is 16.4. The van der Waals surface area contributed by atoms with Crippen LogP contribution in [0.15, 0.2) is 24.3 Å². The molecule has 1 unspecified atom stereocenters. The molecule has 1 aromatic carbocycles. The van der Waals surface area contributed by atoms with Crippen LogP contribution in [0.3, 0.4) is 0 Å². The fourth-order valence-electron chi connectivity index (χ4n) is 2.19. The highest BCUT2D eigenvalue weighted by Gasteiger charge is 2.31. The number of alkyl halides is 3. The average molecular weight is 363 g/mol. The first-order valence-electron chi connectivity index (χ1n) is 8.96. The van der Waals surface area contributed by atoms with E-state index in [0.29, 0.717) is 12.1 Å². The van der Waals surface area contributed by atoms with Gasteiger partial charge < -0.3 is 9.64 Å². The Balaban J connectivity index is 0. The van der Waals surface area contributed by atoms with Crippen molar-refractivity contribution >= 4 is 11.6 Å². The minimum atomic E-state index is -4.74. The first-order chi connectivity index (χ1) is 11.8. The summed E-state index contributed by atoms with van der Waals surface area (Å²) in [7, 11) is 0. The van der Waals surface area contributed by atoms with Crippen molar-refractivity contribution in [3.8, 4) is 5.75 Å². The molecule has 0 saturated carbocycles. The van der Waals surface area contributed by atoms with Crippen LogP contribution in [0.4, 0.5) is 18.9 Å². The van der Waals surface area contributed by atoms with E-state index in [2.05, 4.69) is 4.74 Å². The Labute approximate surface area is 150 Å². The van der Waals surface area contributed by atoms with Crippen molar-refractivity contribution in [2.45, 2.75) is 80.1 Å². The second kappa shape index (κ2) is 13.6. The molecule has 6 heteroatoms. The summed E-state index contributed by atoms with van der Waals surface area (Å²) in [4.78, 5) is 13.6. The Morgan fingerprint density at radius 1 is 1.16 bits per heavy atom. The second-order valence-corrected chi connectivity index (χ2v) is 4.80. The molecular formula is C19H32F3NO2. The second-order valence-electron chi connectivity index (χ2n) is 4.80. The van der Waals surface area contributed by atoms with Crippen LogP contribution in [-0.4, -0.2) is 18.3 Å². The van der Waals surface area contributed by atoms with Gasteiger partial charge in [0.15, 0.2) is 0 Å². The highest BCUT2D eigenvalue weighted by molar-refractivity contribution is 5.93. The van der Waals surface area contributed by atoms with E-state index in [1.54, 1.807) is 13.0 Å². The first-order valence-corrected chi connectivity index (χ1v) is 8.96. The Kier molecular flexibility index (Phi) is 13.8. The maximum absolute atomic E-state index is 12.3. The summed E-state index contributed by atoms with van der Waals surface area (Å²) in [5.74, 6) is -0.447. The largest absolute Gasteiger partial charge is 0.573 e. The van der Waals surface area contributed by atoms with Crippen molar-refractivity contribution in [2.75, 3.05) is 4.90 Å². The van der Waals surface area contributed by atoms with Crippen molar-refractivity contribution in [3.05, 3.63) is 24.3 Å². The number of halogens is 3. The quantitative estimate of drug-likeness (QED) is 0.572. The molecule has 0 aliphatic rings. The fraction of sp³-hybridized carbons (Fsp3) is 0.632. The number of ether oxygens (including phenoxy) is 1. The van der Waals surface area contributed by atoms with Crippen molar-refractivity contribution in [1.82, 2.24) is 0 Å². The van der Waals surface area contributed by atoms with Gasteiger partial charge in [0.25, 0.3) is 0 Å². The van der Waals surface area contributed by atoms with E-state index >= 15 is 0 Å². The predicted octanol–water partition coefficient (Wildman–Crippen LogP) is 6.57. The normalized spacial score (nSPS) is 11.3. The van der Waals surface area contributed by atoms with Gasteiger partial charge in [-0.2, -0.15) is 0 Å². The first kappa shape index (κ1) is 25.5. The number of carbonyl (C=O) groups is 1. The summed E-state index contributed by atoms with van der Waals surface area (Å²) in [5, 5.41) is 0. The SMILES string of the molecule is CC.CC.CCCC(C)N(C(=O)CC)c1cccc(OC(F)(F)F)c1. The van der Waals surface area contributed by atoms with Crippen LogP contribution < -0.4 is 9.64 Å². The van der Waals surface area contributed by atoms with Gasteiger partial charge in [-0.25, -0.2) is 0 Å². The zero-order chi connectivity index (χ0) is 20.0. The Morgan fingerprint density at radius 3 is 2.16 bits per heavy atom. The van der Waals surface area contributed by atoms with E-state index in [1.807, 2.05) is 41.5 Å². The number of benzene rings is 1. The monoisotopic (exact) mass is 363 g/mol. The molecule has 0 radical (unpaired) electrons. The third kappa shape index (κ3) is 9.99. The molecule has 1 amide bonds. The number of hydrogen-bond acceptors (Lipinski definition) is 2. The van der Waals surface area contributed by atoms with E-state index in [-0.39, 0.29) is 17.7 Å². The minimum Gasteiger partial charge on any atom is -0.406 e. The van der Waals surface area contributed by atoms with Crippen LogP contribution in [0, 0.1) is 0 Å². The van der Waals surface area contributed by atoms with Gasteiger partial charge in [0, 0.05) is 24.2 Å². The standard InChI is InChI=1S/C15H20F3NO2.2C2H6/c1-4-7-11(3)19(14(20)5-2)12-8-6-9-13(10-12)21-15(16,17)18;2*1-2/h6,8-11H,4-5,7H2,1-3H3;2*1-2H3. The predicted molar refractivity (Wildman–Crippen MR) is 98.0 cm³/mol. The number of rotatable bonds is 6. The van der Waals surface area contributed by atoms with Gasteiger partial charge in [-0.05, 0) is 25.5 Å². The third-order valence-corrected chi connectivity index (χ3v) is 3.05. The number of anilines is 1. The molecule has 0 spiro atoms. The van der Waals surface area contributed by atoms with Crippen LogP contribution in [0.2, 0.25) is 0 Å². The van der Waals surface area contributed by atoms with Crippen LogP contribution >= 0.6 is 0 Å². The number of carbonyl (C=O) groups excluding carboxylic acids is 1. The van der Waals surface area contributed by atoms with E-state index in [1.165, 1.54) is 23.1 Å². The lowest BCUT2D eigenvalue weighted by atomic mass is 10.1. The lowest BCUT2D eigenvalue weighted by Gasteiger charge is -2.29. The van der Waals surface area contributed by atoms with Gasteiger partial charge in [-0.3, -0.25) is 4.79 Å². The molecule has 1 rings (SSSR count). The Morgan fingerprint density at radius 2 is 1.72 bits per heavy atom. The van der Waals surface area contributed by atoms with Gasteiger partial charge >= 0.3 is 6.36 Å². The average Bonchev–Trinajstić information content (AvgIpc) is 2.57. The molecule has 3 nitrogen and oxygen atoms in total. The lowest BCUT2D eigenvalue weighted by molar-refractivity contribution is -0.274. The maximum Gasteiger partial charge on any atom is 0.573 e. The Bertz CT molecular complexity index is 476. The molecule has 0 aromatic heterocycles. The molecule has 0 heterocycles. The molecule has 0 saturated heterocycles. The molecule has 146 valence electrons. The summed E-state index contributed by atoms with van der Waals surface area (Å²) < 4.78 is 40.7. The van der Waals surface area contributed by atoms with Gasteiger partial charge in [-0.1, -0.05) is 54.0 Å². The number of nitrogens with zero attached hydrogens (tertiary/aromatic N) is 1. The van der Waals surface area contributed by atoms with Gasteiger partial charge in [0.2, 0.25) is 5.91 Å². The summed E-state index contributed by atoms with van der Waals surface area (Å²) in [6.45, 7) is 13.6. The number of amides is 1. The molecule has 1 atom stereocenters. The van der Waals surface area contributed by atoms with Crippen molar-refractivity contribution in [3.63, 3.8) is 0 Å². The third-order valence-electron chi connectivity index (χ3n) is 3.05. The van der Waals surface area contributed by atoms with Crippen molar-refractivity contribution < 1.29 is 22.7 Å². The van der Waals surface area contributed by atoms with Crippen LogP contribution in [0.5, 0.6) is 5.75 Å². The van der Waals surface area contributed by atoms with Gasteiger partial charge in [0.05, 0.1) is 0 Å². The number of hydrogen-bond donors (Lipinski definition) is 0. The Hall–Kier alpha value is -1.72. The molecule has 0 bridgehead atoms. The van der Waals surface area contributed by atoms with E-state index in [0.717, 1.165) is 12.8 Å². The summed E-state index contributed by atoms with van der Waals surface area (Å²) in [6.07, 6.45) is -2.80. The highest BCUT2D eigenvalue weighted by atomic mass is 19.4. The lowest BCUT2D eigenvalue weighted by Crippen LogP contribution is -2.38. The zero-order valence-corrected chi connectivity index (χ0v) is 16.4. The van der Waals surface area contributed by atoms with Crippen molar-refractivity contribution in [1.29, 1.82) is 0 Å². The van der Waals surface area contributed by atoms with Gasteiger partial charge in [0.1, 0.15) is 5.75 Å². The van der Waals surface area contributed by atoms with Crippen LogP contribution in [0.25, 0.3) is 0 Å².